The van der Waals surface area contributed by atoms with Gasteiger partial charge >= 0.3 is 6.01 Å². The Morgan fingerprint density at radius 3 is 2.83 bits per heavy atom. The second-order valence-corrected chi connectivity index (χ2v) is 6.26. The fraction of sp³-hybridized carbons (Fsp3) is 0.150. The summed E-state index contributed by atoms with van der Waals surface area (Å²) >= 11 is 0. The molecular weight excluding hydrogens is 378 g/mol. The first kappa shape index (κ1) is 17.1. The predicted octanol–water partition coefficient (Wildman–Crippen LogP) is 3.27. The highest BCUT2D eigenvalue weighted by molar-refractivity contribution is 5.93. The van der Waals surface area contributed by atoms with Gasteiger partial charge in [-0.2, -0.15) is 0 Å². The van der Waals surface area contributed by atoms with Crippen LogP contribution < -0.4 is 19.5 Å². The number of nitrogens with one attached hydrogen (secondary N) is 1. The van der Waals surface area contributed by atoms with Crippen LogP contribution in [-0.2, 0) is 4.79 Å². The number of carbonyl (C=O) groups is 1. The SMILES string of the molecule is COc1cccc2cc(-c3nnc(NC(=O)C4COc5ccccc5O4)o3)oc12. The van der Waals surface area contributed by atoms with E-state index in [4.69, 9.17) is 23.0 Å². The summed E-state index contributed by atoms with van der Waals surface area (Å²) in [4.78, 5) is 12.5. The number of amides is 1. The minimum atomic E-state index is -0.837. The van der Waals surface area contributed by atoms with Gasteiger partial charge in [-0.1, -0.05) is 29.4 Å². The molecule has 1 N–H and O–H groups in total. The third-order valence-electron chi connectivity index (χ3n) is 4.39. The maximum atomic E-state index is 12.5. The van der Waals surface area contributed by atoms with Crippen molar-refractivity contribution in [2.75, 3.05) is 19.0 Å². The van der Waals surface area contributed by atoms with E-state index in [0.29, 0.717) is 28.6 Å². The standard InChI is InChI=1S/C20H15N3O6/c1-25-14-8-4-5-11-9-15(28-17(11)14)19-22-23-20(29-19)21-18(24)16-10-26-12-6-2-3-7-13(12)27-16/h2-9,16H,10H2,1H3,(H,21,23,24). The molecule has 3 heterocycles. The normalized spacial score (nSPS) is 15.3. The van der Waals surface area contributed by atoms with Crippen LogP contribution in [0.5, 0.6) is 17.2 Å². The molecule has 9 nitrogen and oxygen atoms in total. The number of furan rings is 1. The first-order valence-electron chi connectivity index (χ1n) is 8.81. The Hall–Kier alpha value is -4.01. The minimum absolute atomic E-state index is 0.0696. The van der Waals surface area contributed by atoms with Crippen molar-refractivity contribution in [1.82, 2.24) is 10.2 Å². The third kappa shape index (κ3) is 3.12. The zero-order valence-electron chi connectivity index (χ0n) is 15.2. The number of hydrogen-bond acceptors (Lipinski definition) is 8. The molecule has 1 unspecified atom stereocenters. The van der Waals surface area contributed by atoms with Crippen LogP contribution in [0.2, 0.25) is 0 Å². The van der Waals surface area contributed by atoms with E-state index in [-0.39, 0.29) is 18.5 Å². The number of para-hydroxylation sites is 3. The number of benzene rings is 2. The second-order valence-electron chi connectivity index (χ2n) is 6.26. The molecule has 0 radical (unpaired) electrons. The van der Waals surface area contributed by atoms with Crippen molar-refractivity contribution in [2.45, 2.75) is 6.10 Å². The Labute approximate surface area is 164 Å². The lowest BCUT2D eigenvalue weighted by molar-refractivity contribution is -0.125. The zero-order chi connectivity index (χ0) is 19.8. The van der Waals surface area contributed by atoms with E-state index in [1.807, 2.05) is 18.2 Å². The molecule has 0 aliphatic carbocycles. The van der Waals surface area contributed by atoms with Gasteiger partial charge in [0.25, 0.3) is 11.8 Å². The Kier molecular flexibility index (Phi) is 4.05. The molecule has 1 aliphatic heterocycles. The molecule has 2 aromatic heterocycles. The van der Waals surface area contributed by atoms with Crippen molar-refractivity contribution in [2.24, 2.45) is 0 Å². The molecule has 0 saturated carbocycles. The Morgan fingerprint density at radius 2 is 1.97 bits per heavy atom. The summed E-state index contributed by atoms with van der Waals surface area (Å²) in [5.41, 5.74) is 0.570. The van der Waals surface area contributed by atoms with Gasteiger partial charge in [0, 0.05) is 5.39 Å². The molecule has 1 amide bonds. The van der Waals surface area contributed by atoms with E-state index >= 15 is 0 Å². The predicted molar refractivity (Wildman–Crippen MR) is 101 cm³/mol. The molecule has 146 valence electrons. The number of methoxy groups -OCH3 is 1. The summed E-state index contributed by atoms with van der Waals surface area (Å²) in [6.07, 6.45) is -0.837. The van der Waals surface area contributed by atoms with Crippen molar-refractivity contribution in [3.63, 3.8) is 0 Å². The summed E-state index contributed by atoms with van der Waals surface area (Å²) in [5, 5.41) is 11.1. The van der Waals surface area contributed by atoms with Gasteiger partial charge in [0.15, 0.2) is 28.6 Å². The molecule has 9 heteroatoms. The number of anilines is 1. The van der Waals surface area contributed by atoms with Gasteiger partial charge in [-0.05, 0) is 24.3 Å². The number of rotatable bonds is 4. The van der Waals surface area contributed by atoms with Crippen LogP contribution in [0.3, 0.4) is 0 Å². The molecule has 5 rings (SSSR count). The monoisotopic (exact) mass is 393 g/mol. The summed E-state index contributed by atoms with van der Waals surface area (Å²) in [5.74, 6) is 1.73. The first-order chi connectivity index (χ1) is 14.2. The van der Waals surface area contributed by atoms with Gasteiger partial charge in [-0.25, -0.2) is 0 Å². The van der Waals surface area contributed by atoms with E-state index in [0.717, 1.165) is 5.39 Å². The first-order valence-corrected chi connectivity index (χ1v) is 8.81. The topological polar surface area (TPSA) is 109 Å². The Bertz CT molecular complexity index is 1200. The lowest BCUT2D eigenvalue weighted by Gasteiger charge is -2.24. The van der Waals surface area contributed by atoms with E-state index in [2.05, 4.69) is 15.5 Å². The highest BCUT2D eigenvalue weighted by atomic mass is 16.6. The lowest BCUT2D eigenvalue weighted by Crippen LogP contribution is -2.40. The van der Waals surface area contributed by atoms with Crippen LogP contribution in [0.15, 0.2) is 57.4 Å². The van der Waals surface area contributed by atoms with Crippen LogP contribution in [0.25, 0.3) is 22.6 Å². The van der Waals surface area contributed by atoms with Gasteiger partial charge in [-0.15, -0.1) is 5.10 Å². The number of hydrogen-bond donors (Lipinski definition) is 1. The third-order valence-corrected chi connectivity index (χ3v) is 4.39. The highest BCUT2D eigenvalue weighted by Gasteiger charge is 2.28. The molecular formula is C20H15N3O6. The van der Waals surface area contributed by atoms with Gasteiger partial charge in [0.05, 0.1) is 7.11 Å². The van der Waals surface area contributed by atoms with Gasteiger partial charge in [0.1, 0.15) is 6.61 Å². The van der Waals surface area contributed by atoms with Crippen LogP contribution in [-0.4, -0.2) is 35.9 Å². The van der Waals surface area contributed by atoms with Gasteiger partial charge in [0.2, 0.25) is 6.10 Å². The number of carbonyl (C=O) groups excluding carboxylic acids is 1. The quantitative estimate of drug-likeness (QED) is 0.563. The fourth-order valence-electron chi connectivity index (χ4n) is 3.01. The number of ether oxygens (including phenoxy) is 3. The molecule has 2 aromatic carbocycles. The summed E-state index contributed by atoms with van der Waals surface area (Å²) in [7, 11) is 1.56. The number of fused-ring (bicyclic) bond motifs is 2. The van der Waals surface area contributed by atoms with Gasteiger partial charge in [-0.3, -0.25) is 10.1 Å². The second kappa shape index (κ2) is 6.86. The van der Waals surface area contributed by atoms with E-state index < -0.39 is 12.0 Å². The summed E-state index contributed by atoms with van der Waals surface area (Å²) in [6.45, 7) is 0.0766. The smallest absolute Gasteiger partial charge is 0.322 e. The van der Waals surface area contributed by atoms with E-state index in [1.165, 1.54) is 0 Å². The summed E-state index contributed by atoms with van der Waals surface area (Å²) < 4.78 is 27.8. The Balaban J connectivity index is 1.32. The maximum Gasteiger partial charge on any atom is 0.322 e. The molecule has 4 aromatic rings. The molecule has 0 bridgehead atoms. The lowest BCUT2D eigenvalue weighted by atomic mass is 10.2. The highest BCUT2D eigenvalue weighted by Crippen LogP contribution is 2.33. The van der Waals surface area contributed by atoms with Crippen molar-refractivity contribution in [1.29, 1.82) is 0 Å². The van der Waals surface area contributed by atoms with Crippen molar-refractivity contribution >= 4 is 22.9 Å². The van der Waals surface area contributed by atoms with Crippen LogP contribution in [0, 0.1) is 0 Å². The maximum absolute atomic E-state index is 12.5. The zero-order valence-corrected chi connectivity index (χ0v) is 15.2. The van der Waals surface area contributed by atoms with Crippen LogP contribution >= 0.6 is 0 Å². The average molecular weight is 393 g/mol. The largest absolute Gasteiger partial charge is 0.493 e. The summed E-state index contributed by atoms with van der Waals surface area (Å²) in [6, 6.07) is 14.3. The fourth-order valence-corrected chi connectivity index (χ4v) is 3.01. The van der Waals surface area contributed by atoms with Crippen molar-refractivity contribution < 1.29 is 27.8 Å². The average Bonchev–Trinajstić information content (AvgIpc) is 3.40. The molecule has 1 atom stereocenters. The van der Waals surface area contributed by atoms with Crippen LogP contribution in [0.1, 0.15) is 0 Å². The molecule has 0 saturated heterocycles. The molecule has 0 fully saturated rings. The van der Waals surface area contributed by atoms with Crippen LogP contribution in [0.4, 0.5) is 6.01 Å². The number of nitrogens with zero attached hydrogens (tertiary/aromatic N) is 2. The van der Waals surface area contributed by atoms with E-state index in [9.17, 15) is 4.79 Å². The van der Waals surface area contributed by atoms with E-state index in [1.54, 1.807) is 37.4 Å². The molecule has 29 heavy (non-hydrogen) atoms. The van der Waals surface area contributed by atoms with Crippen molar-refractivity contribution in [3.8, 4) is 28.9 Å². The Morgan fingerprint density at radius 1 is 1.10 bits per heavy atom. The number of aromatic nitrogens is 2. The van der Waals surface area contributed by atoms with Gasteiger partial charge < -0.3 is 23.0 Å². The van der Waals surface area contributed by atoms with Crippen molar-refractivity contribution in [3.05, 3.63) is 48.5 Å². The minimum Gasteiger partial charge on any atom is -0.493 e. The molecule has 0 spiro atoms. The molecule has 1 aliphatic rings.